The van der Waals surface area contributed by atoms with Gasteiger partial charge in [0.05, 0.1) is 12.2 Å². The zero-order valence-corrected chi connectivity index (χ0v) is 14.9. The van der Waals surface area contributed by atoms with E-state index >= 15 is 0 Å². The number of rotatable bonds is 5. The van der Waals surface area contributed by atoms with E-state index in [2.05, 4.69) is 45.2 Å². The summed E-state index contributed by atoms with van der Waals surface area (Å²) >= 11 is 3.80. The van der Waals surface area contributed by atoms with Crippen LogP contribution in [-0.4, -0.2) is 27.8 Å². The number of aryl methyl sites for hydroxylation is 2. The summed E-state index contributed by atoms with van der Waals surface area (Å²) in [6, 6.07) is 7.25. The van der Waals surface area contributed by atoms with E-state index in [1.165, 1.54) is 35.4 Å². The van der Waals surface area contributed by atoms with Gasteiger partial charge in [0.1, 0.15) is 0 Å². The van der Waals surface area contributed by atoms with Crippen LogP contribution in [0.15, 0.2) is 41.4 Å². The summed E-state index contributed by atoms with van der Waals surface area (Å²) in [7, 11) is 1.99. The summed E-state index contributed by atoms with van der Waals surface area (Å²) in [5.74, 6) is 0. The number of aromatic nitrogens is 2. The quantitative estimate of drug-likeness (QED) is 0.695. The molecule has 1 aliphatic rings. The highest BCUT2D eigenvalue weighted by atomic mass is 32.1. The Kier molecular flexibility index (Phi) is 4.33. The molecule has 0 spiro atoms. The van der Waals surface area contributed by atoms with Crippen molar-refractivity contribution in [2.24, 2.45) is 7.05 Å². The Labute approximate surface area is 145 Å². The van der Waals surface area contributed by atoms with Crippen molar-refractivity contribution >= 4 is 22.7 Å². The summed E-state index contributed by atoms with van der Waals surface area (Å²) in [4.78, 5) is 5.72. The molecule has 5 heteroatoms. The molecule has 0 radical (unpaired) electrons. The third kappa shape index (κ3) is 3.13. The van der Waals surface area contributed by atoms with Crippen molar-refractivity contribution in [2.75, 3.05) is 13.1 Å². The Hall–Kier alpha value is -1.43. The van der Waals surface area contributed by atoms with Gasteiger partial charge < -0.3 is 0 Å². The van der Waals surface area contributed by atoms with Crippen LogP contribution < -0.4 is 0 Å². The third-order valence-corrected chi connectivity index (χ3v) is 6.47. The lowest BCUT2D eigenvalue weighted by Crippen LogP contribution is -2.35. The Morgan fingerprint density at radius 2 is 2.22 bits per heavy atom. The second kappa shape index (κ2) is 6.59. The van der Waals surface area contributed by atoms with Gasteiger partial charge >= 0.3 is 0 Å². The fourth-order valence-corrected chi connectivity index (χ4v) is 5.26. The van der Waals surface area contributed by atoms with Crippen molar-refractivity contribution in [1.29, 1.82) is 0 Å². The molecule has 1 atom stereocenters. The van der Waals surface area contributed by atoms with Gasteiger partial charge in [0.15, 0.2) is 0 Å². The van der Waals surface area contributed by atoms with Crippen LogP contribution in [-0.2, 0) is 19.9 Å². The van der Waals surface area contributed by atoms with Crippen molar-refractivity contribution in [2.45, 2.75) is 25.3 Å². The molecule has 0 N–H and O–H groups in total. The van der Waals surface area contributed by atoms with Crippen LogP contribution >= 0.6 is 22.7 Å². The molecule has 0 bridgehead atoms. The molecular weight excluding hydrogens is 322 g/mol. The lowest BCUT2D eigenvalue weighted by molar-refractivity contribution is 0.215. The van der Waals surface area contributed by atoms with Crippen LogP contribution in [0.2, 0.25) is 0 Å². The van der Waals surface area contributed by atoms with Crippen molar-refractivity contribution in [3.8, 4) is 0 Å². The molecule has 0 saturated heterocycles. The average molecular weight is 344 g/mol. The molecule has 23 heavy (non-hydrogen) atoms. The molecule has 120 valence electrons. The van der Waals surface area contributed by atoms with Crippen molar-refractivity contribution < 1.29 is 0 Å². The fourth-order valence-electron chi connectivity index (χ4n) is 3.48. The summed E-state index contributed by atoms with van der Waals surface area (Å²) in [5, 5.41) is 8.72. The van der Waals surface area contributed by atoms with E-state index in [1.807, 2.05) is 40.6 Å². The Morgan fingerprint density at radius 3 is 3.00 bits per heavy atom. The first-order valence-corrected chi connectivity index (χ1v) is 9.88. The van der Waals surface area contributed by atoms with E-state index in [4.69, 9.17) is 0 Å². The first-order chi connectivity index (χ1) is 11.3. The lowest BCUT2D eigenvalue weighted by atomic mass is 9.98. The Morgan fingerprint density at radius 1 is 1.26 bits per heavy atom. The van der Waals surface area contributed by atoms with Gasteiger partial charge in [-0.2, -0.15) is 5.10 Å². The van der Waals surface area contributed by atoms with E-state index in [1.54, 1.807) is 4.88 Å². The minimum atomic E-state index is 0.457. The highest BCUT2D eigenvalue weighted by Gasteiger charge is 2.29. The van der Waals surface area contributed by atoms with Crippen LogP contribution in [0.3, 0.4) is 0 Å². The molecule has 0 unspecified atom stereocenters. The van der Waals surface area contributed by atoms with E-state index in [-0.39, 0.29) is 0 Å². The summed E-state index contributed by atoms with van der Waals surface area (Å²) < 4.78 is 1.89. The Balaban J connectivity index is 1.48. The predicted octanol–water partition coefficient (Wildman–Crippen LogP) is 4.12. The largest absolute Gasteiger partial charge is 0.291 e. The molecule has 4 rings (SSSR count). The van der Waals surface area contributed by atoms with Crippen LogP contribution in [0.25, 0.3) is 0 Å². The van der Waals surface area contributed by atoms with Gasteiger partial charge in [0.25, 0.3) is 0 Å². The standard InChI is InChI=1S/C18H21N3S2/c1-20-13-14(12-19-20)4-2-8-21-9-6-16-15(7-11-23-16)18(21)17-5-3-10-22-17/h3,5,7,10-13,18H,2,4,6,8-9H2,1H3/t18-/m0/s1. The molecule has 3 aromatic heterocycles. The van der Waals surface area contributed by atoms with Crippen LogP contribution in [0.4, 0.5) is 0 Å². The van der Waals surface area contributed by atoms with E-state index < -0.39 is 0 Å². The first kappa shape index (κ1) is 15.1. The van der Waals surface area contributed by atoms with Crippen LogP contribution in [0.5, 0.6) is 0 Å². The van der Waals surface area contributed by atoms with E-state index in [0.717, 1.165) is 13.0 Å². The number of nitrogens with zero attached hydrogens (tertiary/aromatic N) is 3. The molecule has 3 nitrogen and oxygen atoms in total. The smallest absolute Gasteiger partial charge is 0.0707 e. The van der Waals surface area contributed by atoms with Gasteiger partial charge in [-0.3, -0.25) is 9.58 Å². The number of thiophene rings is 2. The van der Waals surface area contributed by atoms with Crippen molar-refractivity contribution in [3.05, 3.63) is 62.2 Å². The fraction of sp³-hybridized carbons (Fsp3) is 0.389. The van der Waals surface area contributed by atoms with Gasteiger partial charge in [-0.1, -0.05) is 6.07 Å². The van der Waals surface area contributed by atoms with Crippen molar-refractivity contribution in [3.63, 3.8) is 0 Å². The second-order valence-electron chi connectivity index (χ2n) is 6.13. The van der Waals surface area contributed by atoms with Crippen LogP contribution in [0, 0.1) is 0 Å². The SMILES string of the molecule is Cn1cc(CCCN2CCc3sccc3[C@H]2c2cccs2)cn1. The van der Waals surface area contributed by atoms with Gasteiger partial charge in [-0.15, -0.1) is 22.7 Å². The van der Waals surface area contributed by atoms with Gasteiger partial charge in [0, 0.05) is 29.5 Å². The van der Waals surface area contributed by atoms with Gasteiger partial charge in [-0.25, -0.2) is 0 Å². The summed E-state index contributed by atoms with van der Waals surface area (Å²) in [6.45, 7) is 2.32. The van der Waals surface area contributed by atoms with Crippen LogP contribution in [0.1, 0.15) is 33.3 Å². The first-order valence-electron chi connectivity index (χ1n) is 8.12. The van der Waals surface area contributed by atoms with E-state index in [9.17, 15) is 0 Å². The Bertz CT molecular complexity index is 757. The molecule has 4 heterocycles. The minimum Gasteiger partial charge on any atom is -0.291 e. The highest BCUT2D eigenvalue weighted by molar-refractivity contribution is 7.10. The van der Waals surface area contributed by atoms with E-state index in [0.29, 0.717) is 6.04 Å². The minimum absolute atomic E-state index is 0.457. The molecule has 1 aliphatic heterocycles. The monoisotopic (exact) mass is 343 g/mol. The highest BCUT2D eigenvalue weighted by Crippen LogP contribution is 2.39. The second-order valence-corrected chi connectivity index (χ2v) is 8.11. The summed E-state index contributed by atoms with van der Waals surface area (Å²) in [5.41, 5.74) is 2.87. The molecule has 3 aromatic rings. The number of fused-ring (bicyclic) bond motifs is 1. The lowest BCUT2D eigenvalue weighted by Gasteiger charge is -2.35. The zero-order valence-electron chi connectivity index (χ0n) is 13.3. The average Bonchev–Trinajstić information content (AvgIpc) is 3.27. The molecule has 0 aliphatic carbocycles. The molecule has 0 aromatic carbocycles. The zero-order chi connectivity index (χ0) is 15.6. The maximum atomic E-state index is 4.27. The number of hydrogen-bond donors (Lipinski definition) is 0. The summed E-state index contributed by atoms with van der Waals surface area (Å²) in [6.07, 6.45) is 7.61. The topological polar surface area (TPSA) is 21.1 Å². The third-order valence-electron chi connectivity index (χ3n) is 4.55. The molecular formula is C18H21N3S2. The van der Waals surface area contributed by atoms with Crippen molar-refractivity contribution in [1.82, 2.24) is 14.7 Å². The van der Waals surface area contributed by atoms with Gasteiger partial charge in [0.2, 0.25) is 0 Å². The van der Waals surface area contributed by atoms with Gasteiger partial charge in [-0.05, 0) is 59.8 Å². The maximum absolute atomic E-state index is 4.27. The molecule has 0 fully saturated rings. The maximum Gasteiger partial charge on any atom is 0.0707 e. The number of hydrogen-bond acceptors (Lipinski definition) is 4. The molecule has 0 amide bonds. The normalized spacial score (nSPS) is 18.2. The predicted molar refractivity (Wildman–Crippen MR) is 97.3 cm³/mol. The molecule has 0 saturated carbocycles.